The summed E-state index contributed by atoms with van der Waals surface area (Å²) in [7, 11) is 0. The average molecular weight is 293 g/mol. The van der Waals surface area contributed by atoms with Crippen LogP contribution in [-0.4, -0.2) is 55.9 Å². The Balaban J connectivity index is 1.46. The van der Waals surface area contributed by atoms with Crippen molar-refractivity contribution >= 4 is 6.03 Å². The van der Waals surface area contributed by atoms with Crippen LogP contribution in [0.2, 0.25) is 0 Å². The van der Waals surface area contributed by atoms with Gasteiger partial charge in [-0.3, -0.25) is 0 Å². The van der Waals surface area contributed by atoms with Gasteiger partial charge in [-0.05, 0) is 18.1 Å². The van der Waals surface area contributed by atoms with Crippen molar-refractivity contribution in [1.29, 1.82) is 0 Å². The van der Waals surface area contributed by atoms with Crippen LogP contribution in [0.25, 0.3) is 0 Å². The molecular weight excluding hydrogens is 273 g/mol. The van der Waals surface area contributed by atoms with Crippen molar-refractivity contribution in [2.24, 2.45) is 0 Å². The molecule has 0 aliphatic carbocycles. The fourth-order valence-corrected chi connectivity index (χ4v) is 2.88. The number of nitrogens with one attached hydrogen (secondary N) is 2. The number of likely N-dealkylation sites (tertiary alicyclic amines) is 1. The van der Waals surface area contributed by atoms with Gasteiger partial charge in [0.25, 0.3) is 0 Å². The summed E-state index contributed by atoms with van der Waals surface area (Å²) in [6.45, 7) is 3.24. The molecule has 2 amide bonds. The van der Waals surface area contributed by atoms with Gasteiger partial charge in [0, 0.05) is 19.6 Å². The highest BCUT2D eigenvalue weighted by Gasteiger charge is 2.37. The fourth-order valence-electron chi connectivity index (χ4n) is 2.88. The molecule has 2 fully saturated rings. The van der Waals surface area contributed by atoms with Gasteiger partial charge in [-0.1, -0.05) is 18.2 Å². The third-order valence-corrected chi connectivity index (χ3v) is 4.02. The first-order valence-corrected chi connectivity index (χ1v) is 7.35. The van der Waals surface area contributed by atoms with E-state index in [1.54, 1.807) is 23.1 Å². The highest BCUT2D eigenvalue weighted by Crippen LogP contribution is 2.16. The molecule has 1 aromatic carbocycles. The molecule has 2 atom stereocenters. The molecule has 2 saturated heterocycles. The number of hydrogen-bond acceptors (Lipinski definition) is 3. The Labute approximate surface area is 123 Å². The van der Waals surface area contributed by atoms with Gasteiger partial charge in [0.2, 0.25) is 0 Å². The van der Waals surface area contributed by atoms with E-state index in [0.29, 0.717) is 38.2 Å². The van der Waals surface area contributed by atoms with Crippen LogP contribution >= 0.6 is 0 Å². The van der Waals surface area contributed by atoms with Crippen LogP contribution in [0.3, 0.4) is 0 Å². The van der Waals surface area contributed by atoms with Crippen LogP contribution in [0.5, 0.6) is 0 Å². The van der Waals surface area contributed by atoms with Crippen molar-refractivity contribution in [3.8, 4) is 0 Å². The minimum absolute atomic E-state index is 0.0936. The number of benzene rings is 1. The van der Waals surface area contributed by atoms with Gasteiger partial charge in [0.1, 0.15) is 5.82 Å². The van der Waals surface area contributed by atoms with E-state index >= 15 is 0 Å². The van der Waals surface area contributed by atoms with E-state index in [0.717, 1.165) is 6.54 Å². The highest BCUT2D eigenvalue weighted by atomic mass is 19.1. The van der Waals surface area contributed by atoms with Gasteiger partial charge in [0.15, 0.2) is 0 Å². The van der Waals surface area contributed by atoms with Gasteiger partial charge >= 0.3 is 6.03 Å². The average Bonchev–Trinajstić information content (AvgIpc) is 2.93. The van der Waals surface area contributed by atoms with E-state index in [2.05, 4.69) is 10.6 Å². The van der Waals surface area contributed by atoms with Gasteiger partial charge in [-0.2, -0.15) is 0 Å². The molecule has 1 aromatic rings. The summed E-state index contributed by atoms with van der Waals surface area (Å²) in [4.78, 5) is 13.9. The zero-order valence-electron chi connectivity index (χ0n) is 11.8. The van der Waals surface area contributed by atoms with E-state index in [1.807, 2.05) is 0 Å². The molecule has 2 heterocycles. The van der Waals surface area contributed by atoms with Crippen molar-refractivity contribution < 1.29 is 13.9 Å². The van der Waals surface area contributed by atoms with Gasteiger partial charge in [0.05, 0.1) is 25.3 Å². The van der Waals surface area contributed by atoms with Crippen molar-refractivity contribution in [2.75, 3.05) is 32.8 Å². The molecule has 3 rings (SSSR count). The van der Waals surface area contributed by atoms with E-state index in [1.165, 1.54) is 6.07 Å². The number of nitrogens with zero attached hydrogens (tertiary/aromatic N) is 1. The lowest BCUT2D eigenvalue weighted by Crippen LogP contribution is -2.47. The van der Waals surface area contributed by atoms with Crippen LogP contribution in [0.15, 0.2) is 24.3 Å². The minimum atomic E-state index is -0.225. The molecule has 2 N–H and O–H groups in total. The van der Waals surface area contributed by atoms with Crippen LogP contribution in [0.1, 0.15) is 5.56 Å². The van der Waals surface area contributed by atoms with E-state index in [-0.39, 0.29) is 24.0 Å². The Morgan fingerprint density at radius 3 is 3.10 bits per heavy atom. The second-order valence-electron chi connectivity index (χ2n) is 5.45. The van der Waals surface area contributed by atoms with Crippen LogP contribution in [-0.2, 0) is 11.2 Å². The van der Waals surface area contributed by atoms with Crippen LogP contribution in [0, 0.1) is 5.82 Å². The standard InChI is InChI=1S/C15H20FN3O2/c16-12-4-2-1-3-11(12)5-6-18-15(20)19-9-13-14(10-19)21-8-7-17-13/h1-4,13-14,17H,5-10H2,(H,18,20). The molecular formula is C15H20FN3O2. The van der Waals surface area contributed by atoms with Crippen molar-refractivity contribution in [3.63, 3.8) is 0 Å². The Hall–Kier alpha value is -1.66. The van der Waals surface area contributed by atoms with E-state index in [9.17, 15) is 9.18 Å². The summed E-state index contributed by atoms with van der Waals surface area (Å²) in [6, 6.07) is 6.77. The van der Waals surface area contributed by atoms with E-state index in [4.69, 9.17) is 4.74 Å². The molecule has 6 heteroatoms. The lowest BCUT2D eigenvalue weighted by Gasteiger charge is -2.25. The molecule has 0 spiro atoms. The zero-order valence-corrected chi connectivity index (χ0v) is 11.8. The maximum atomic E-state index is 13.5. The summed E-state index contributed by atoms with van der Waals surface area (Å²) >= 11 is 0. The summed E-state index contributed by atoms with van der Waals surface area (Å²) in [5.74, 6) is -0.225. The fraction of sp³-hybridized carbons (Fsp3) is 0.533. The third kappa shape index (κ3) is 3.33. The summed E-state index contributed by atoms with van der Waals surface area (Å²) in [5, 5.41) is 6.21. The molecule has 2 aliphatic heterocycles. The van der Waals surface area contributed by atoms with Crippen LogP contribution < -0.4 is 10.6 Å². The minimum Gasteiger partial charge on any atom is -0.373 e. The molecule has 2 unspecified atom stereocenters. The maximum Gasteiger partial charge on any atom is 0.317 e. The van der Waals surface area contributed by atoms with Crippen molar-refractivity contribution in [2.45, 2.75) is 18.6 Å². The van der Waals surface area contributed by atoms with Crippen molar-refractivity contribution in [1.82, 2.24) is 15.5 Å². The quantitative estimate of drug-likeness (QED) is 0.865. The smallest absolute Gasteiger partial charge is 0.317 e. The number of urea groups is 1. The Morgan fingerprint density at radius 1 is 1.43 bits per heavy atom. The zero-order chi connectivity index (χ0) is 14.7. The molecule has 5 nitrogen and oxygen atoms in total. The first-order valence-electron chi connectivity index (χ1n) is 7.35. The maximum absolute atomic E-state index is 13.5. The molecule has 0 radical (unpaired) electrons. The number of halogens is 1. The predicted molar refractivity (Wildman–Crippen MR) is 76.6 cm³/mol. The topological polar surface area (TPSA) is 53.6 Å². The monoisotopic (exact) mass is 293 g/mol. The lowest BCUT2D eigenvalue weighted by molar-refractivity contribution is 0.0186. The van der Waals surface area contributed by atoms with Gasteiger partial charge in [-0.25, -0.2) is 9.18 Å². The number of amides is 2. The third-order valence-electron chi connectivity index (χ3n) is 4.02. The SMILES string of the molecule is O=C(NCCc1ccccc1F)N1CC2NCCOC2C1. The number of fused-ring (bicyclic) bond motifs is 1. The summed E-state index contributed by atoms with van der Waals surface area (Å²) in [6.07, 6.45) is 0.587. The molecule has 114 valence electrons. The number of carbonyl (C=O) groups excluding carboxylic acids is 1. The second kappa shape index (κ2) is 6.41. The summed E-state index contributed by atoms with van der Waals surface area (Å²) < 4.78 is 19.1. The molecule has 0 aromatic heterocycles. The van der Waals surface area contributed by atoms with E-state index < -0.39 is 0 Å². The first kappa shape index (κ1) is 14.3. The normalized spacial score (nSPS) is 24.7. The highest BCUT2D eigenvalue weighted by molar-refractivity contribution is 5.74. The first-order chi connectivity index (χ1) is 10.2. The van der Waals surface area contributed by atoms with Crippen LogP contribution in [0.4, 0.5) is 9.18 Å². The second-order valence-corrected chi connectivity index (χ2v) is 5.45. The van der Waals surface area contributed by atoms with Gasteiger partial charge < -0.3 is 20.3 Å². The predicted octanol–water partition coefficient (Wildman–Crippen LogP) is 0.750. The molecule has 0 bridgehead atoms. The number of rotatable bonds is 3. The van der Waals surface area contributed by atoms with Crippen molar-refractivity contribution in [3.05, 3.63) is 35.6 Å². The Kier molecular flexibility index (Phi) is 4.36. The molecule has 0 saturated carbocycles. The Morgan fingerprint density at radius 2 is 2.29 bits per heavy atom. The van der Waals surface area contributed by atoms with Gasteiger partial charge in [-0.15, -0.1) is 0 Å². The molecule has 21 heavy (non-hydrogen) atoms. The summed E-state index contributed by atoms with van der Waals surface area (Å²) in [5.41, 5.74) is 0.623. The number of hydrogen-bond donors (Lipinski definition) is 2. The number of ether oxygens (including phenoxy) is 1. The largest absolute Gasteiger partial charge is 0.373 e. The lowest BCUT2D eigenvalue weighted by atomic mass is 10.1. The molecule has 2 aliphatic rings. The number of carbonyl (C=O) groups is 1. The Bertz CT molecular complexity index is 497. The number of morpholine rings is 1.